The van der Waals surface area contributed by atoms with Crippen molar-refractivity contribution in [2.45, 2.75) is 99.6 Å². The topological polar surface area (TPSA) is 197 Å². The standard InChI is InChI=1S/C32H38F2N6O8S/c1-31(33,34)25-27(36-22-11-8-7-10-21(22)35-25)48-19-15-24-26(41)38-32(29(43)39-49(46,47)20-13-14-20)16-18(32)9-5-3-2-4-6-12-23(37-30(44)45)28(42)40(24)17-19/h5,7-11,18-20,23-24,37H,2-4,6,12-17H2,1H3,(H,38,41)(H,39,43)(H,44,45)/b9-5-/t18-,19-,23+,24+,32-/m1/s1. The molecule has 14 nitrogen and oxygen atoms in total. The van der Waals surface area contributed by atoms with Crippen molar-refractivity contribution in [3.05, 3.63) is 42.1 Å². The van der Waals surface area contributed by atoms with E-state index in [9.17, 15) is 41.5 Å². The Hall–Kier alpha value is -4.41. The van der Waals surface area contributed by atoms with E-state index in [0.717, 1.165) is 4.90 Å². The zero-order valence-corrected chi connectivity index (χ0v) is 27.5. The average molecular weight is 705 g/mol. The van der Waals surface area contributed by atoms with Crippen molar-refractivity contribution in [1.82, 2.24) is 30.2 Å². The Morgan fingerprint density at radius 3 is 2.49 bits per heavy atom. The summed E-state index contributed by atoms with van der Waals surface area (Å²) in [6.45, 7) is 0.349. The molecule has 1 saturated heterocycles. The quantitative estimate of drug-likeness (QED) is 0.311. The Balaban J connectivity index is 1.33. The number of aromatic nitrogens is 2. The minimum atomic E-state index is -3.95. The van der Waals surface area contributed by atoms with E-state index in [1.165, 1.54) is 6.07 Å². The number of para-hydroxylation sites is 2. The van der Waals surface area contributed by atoms with E-state index in [-0.39, 0.29) is 36.8 Å². The second-order valence-electron chi connectivity index (χ2n) is 13.3. The summed E-state index contributed by atoms with van der Waals surface area (Å²) in [6.07, 6.45) is 4.48. The first-order chi connectivity index (χ1) is 23.2. The molecule has 2 aromatic rings. The lowest BCUT2D eigenvalue weighted by Crippen LogP contribution is -2.58. The highest BCUT2D eigenvalue weighted by molar-refractivity contribution is 7.91. The Bertz CT molecular complexity index is 1800. The summed E-state index contributed by atoms with van der Waals surface area (Å²) in [5.41, 5.74) is -1.86. The van der Waals surface area contributed by atoms with Gasteiger partial charge in [0.15, 0.2) is 5.69 Å². The van der Waals surface area contributed by atoms with Gasteiger partial charge in [-0.25, -0.2) is 23.2 Å². The summed E-state index contributed by atoms with van der Waals surface area (Å²) in [7, 11) is -3.95. The van der Waals surface area contributed by atoms with Crippen molar-refractivity contribution in [2.75, 3.05) is 6.54 Å². The number of halogens is 2. The van der Waals surface area contributed by atoms with Gasteiger partial charge < -0.3 is 25.4 Å². The minimum Gasteiger partial charge on any atom is -0.471 e. The Kier molecular flexibility index (Phi) is 9.23. The molecule has 17 heteroatoms. The largest absolute Gasteiger partial charge is 0.471 e. The number of carbonyl (C=O) groups is 4. The Labute approximate surface area is 281 Å². The molecule has 2 aliphatic heterocycles. The normalized spacial score (nSPS) is 28.7. The highest BCUT2D eigenvalue weighted by Gasteiger charge is 2.62. The SMILES string of the molecule is CC(F)(F)c1nc2ccccc2nc1O[C@@H]1C[C@H]2C(=O)N[C@]3(C(=O)NS(=O)(=O)C4CC4)C[C@H]3/C=C\CCCCC[C@H](NC(=O)O)C(=O)N2C1. The number of fused-ring (bicyclic) bond motifs is 3. The smallest absolute Gasteiger partial charge is 0.405 e. The van der Waals surface area contributed by atoms with Gasteiger partial charge in [0.05, 0.1) is 22.8 Å². The highest BCUT2D eigenvalue weighted by atomic mass is 32.2. The molecular formula is C32H38F2N6O8S. The number of alkyl halides is 2. The fourth-order valence-corrected chi connectivity index (χ4v) is 7.87. The van der Waals surface area contributed by atoms with Crippen molar-refractivity contribution >= 4 is 44.9 Å². The third-order valence-electron chi connectivity index (χ3n) is 9.37. The fraction of sp³-hybridized carbons (Fsp3) is 0.562. The maximum Gasteiger partial charge on any atom is 0.405 e. The van der Waals surface area contributed by atoms with Gasteiger partial charge in [-0.2, -0.15) is 8.78 Å². The van der Waals surface area contributed by atoms with Crippen LogP contribution in [0.4, 0.5) is 13.6 Å². The summed E-state index contributed by atoms with van der Waals surface area (Å²) in [5.74, 6) is -6.88. The van der Waals surface area contributed by atoms with Crippen LogP contribution < -0.4 is 20.1 Å². The van der Waals surface area contributed by atoms with Gasteiger partial charge in [0.1, 0.15) is 23.7 Å². The van der Waals surface area contributed by atoms with Gasteiger partial charge in [-0.3, -0.25) is 19.1 Å². The van der Waals surface area contributed by atoms with Crippen LogP contribution in [0.25, 0.3) is 11.0 Å². The van der Waals surface area contributed by atoms with E-state index in [0.29, 0.717) is 45.4 Å². The van der Waals surface area contributed by atoms with Crippen LogP contribution in [-0.2, 0) is 30.3 Å². The lowest BCUT2D eigenvalue weighted by atomic mass is 10.1. The van der Waals surface area contributed by atoms with E-state index in [2.05, 4.69) is 25.3 Å². The predicted molar refractivity (Wildman–Crippen MR) is 170 cm³/mol. The van der Waals surface area contributed by atoms with E-state index in [1.54, 1.807) is 24.3 Å². The molecule has 2 saturated carbocycles. The van der Waals surface area contributed by atoms with Crippen LogP contribution in [0.2, 0.25) is 0 Å². The van der Waals surface area contributed by atoms with E-state index < -0.39 is 86.2 Å². The molecule has 6 rings (SSSR count). The molecule has 0 unspecified atom stereocenters. The number of amides is 4. The van der Waals surface area contributed by atoms with Crippen LogP contribution in [0, 0.1) is 5.92 Å². The van der Waals surface area contributed by atoms with Gasteiger partial charge in [0.2, 0.25) is 27.7 Å². The third-order valence-corrected chi connectivity index (χ3v) is 11.2. The van der Waals surface area contributed by atoms with E-state index >= 15 is 0 Å². The molecule has 0 bridgehead atoms. The lowest BCUT2D eigenvalue weighted by Gasteiger charge is -2.29. The van der Waals surface area contributed by atoms with Crippen molar-refractivity contribution in [1.29, 1.82) is 0 Å². The molecule has 3 heterocycles. The number of benzene rings is 1. The van der Waals surface area contributed by atoms with Gasteiger partial charge in [0, 0.05) is 19.3 Å². The number of hydrogen-bond acceptors (Lipinski definition) is 9. The molecule has 1 aromatic carbocycles. The van der Waals surface area contributed by atoms with Crippen LogP contribution in [-0.4, -0.2) is 87.7 Å². The third kappa shape index (κ3) is 7.45. The van der Waals surface area contributed by atoms with Gasteiger partial charge >= 0.3 is 6.09 Å². The maximum atomic E-state index is 14.8. The summed E-state index contributed by atoms with van der Waals surface area (Å²) in [5, 5.41) is 13.8. The second kappa shape index (κ2) is 13.1. The van der Waals surface area contributed by atoms with Crippen LogP contribution in [0.15, 0.2) is 36.4 Å². The van der Waals surface area contributed by atoms with Gasteiger partial charge in [0.25, 0.3) is 11.8 Å². The number of allylic oxidation sites excluding steroid dienone is 1. The molecule has 2 aliphatic carbocycles. The first-order valence-corrected chi connectivity index (χ1v) is 17.9. The summed E-state index contributed by atoms with van der Waals surface area (Å²) >= 11 is 0. The minimum absolute atomic E-state index is 0.118. The van der Waals surface area contributed by atoms with Crippen molar-refractivity contribution in [3.63, 3.8) is 0 Å². The molecule has 5 atom stereocenters. The molecule has 0 spiro atoms. The molecule has 3 fully saturated rings. The van der Waals surface area contributed by atoms with Crippen molar-refractivity contribution in [2.24, 2.45) is 5.92 Å². The number of carboxylic acid groups (broad SMARTS) is 1. The molecule has 0 radical (unpaired) electrons. The maximum absolute atomic E-state index is 14.8. The number of nitrogens with zero attached hydrogens (tertiary/aromatic N) is 3. The predicted octanol–water partition coefficient (Wildman–Crippen LogP) is 2.73. The molecule has 264 valence electrons. The van der Waals surface area contributed by atoms with Crippen molar-refractivity contribution < 1.29 is 46.2 Å². The zero-order chi connectivity index (χ0) is 35.1. The number of ether oxygens (including phenoxy) is 1. The number of carbonyl (C=O) groups excluding carboxylic acids is 3. The summed E-state index contributed by atoms with van der Waals surface area (Å²) in [4.78, 5) is 62.7. The van der Waals surface area contributed by atoms with Crippen molar-refractivity contribution in [3.8, 4) is 5.88 Å². The van der Waals surface area contributed by atoms with Crippen LogP contribution in [0.1, 0.15) is 70.4 Å². The summed E-state index contributed by atoms with van der Waals surface area (Å²) < 4.78 is 63.0. The number of nitrogens with one attached hydrogen (secondary N) is 3. The van der Waals surface area contributed by atoms with Gasteiger partial charge in [-0.1, -0.05) is 37.1 Å². The molecular weight excluding hydrogens is 666 g/mol. The molecule has 4 amide bonds. The van der Waals surface area contributed by atoms with Gasteiger partial charge in [-0.15, -0.1) is 0 Å². The lowest BCUT2D eigenvalue weighted by molar-refractivity contribution is -0.141. The highest BCUT2D eigenvalue weighted by Crippen LogP contribution is 2.46. The molecule has 4 aliphatic rings. The second-order valence-corrected chi connectivity index (χ2v) is 15.2. The van der Waals surface area contributed by atoms with Crippen LogP contribution >= 0.6 is 0 Å². The molecule has 49 heavy (non-hydrogen) atoms. The zero-order valence-electron chi connectivity index (χ0n) is 26.7. The monoisotopic (exact) mass is 704 g/mol. The fourth-order valence-electron chi connectivity index (χ4n) is 6.51. The first-order valence-electron chi connectivity index (χ1n) is 16.3. The number of sulfonamides is 1. The Morgan fingerprint density at radius 2 is 1.82 bits per heavy atom. The first kappa shape index (κ1) is 34.5. The van der Waals surface area contributed by atoms with Crippen LogP contribution in [0.3, 0.4) is 0 Å². The number of hydrogen-bond donors (Lipinski definition) is 4. The Morgan fingerprint density at radius 1 is 1.10 bits per heavy atom. The van der Waals surface area contributed by atoms with Crippen LogP contribution in [0.5, 0.6) is 5.88 Å². The van der Waals surface area contributed by atoms with Gasteiger partial charge in [-0.05, 0) is 50.7 Å². The summed E-state index contributed by atoms with van der Waals surface area (Å²) in [6, 6.07) is 3.82. The molecule has 4 N–H and O–H groups in total. The molecule has 1 aromatic heterocycles. The number of rotatable bonds is 7. The van der Waals surface area contributed by atoms with E-state index in [4.69, 9.17) is 4.74 Å². The van der Waals surface area contributed by atoms with E-state index in [1.807, 2.05) is 6.08 Å². The average Bonchev–Trinajstić information content (AvgIpc) is 3.95.